The summed E-state index contributed by atoms with van der Waals surface area (Å²) in [6.45, 7) is 6.78. The average Bonchev–Trinajstić information content (AvgIpc) is 2.37. The molecule has 0 spiro atoms. The first-order chi connectivity index (χ1) is 8.61. The number of aryl methyl sites for hydroxylation is 1. The molecule has 3 nitrogen and oxygen atoms in total. The highest BCUT2D eigenvalue weighted by Gasteiger charge is 2.31. The summed E-state index contributed by atoms with van der Waals surface area (Å²) in [5, 5.41) is 3.42. The maximum atomic E-state index is 4.50. The quantitative estimate of drug-likeness (QED) is 0.891. The van der Waals surface area contributed by atoms with E-state index in [2.05, 4.69) is 29.1 Å². The van der Waals surface area contributed by atoms with Crippen molar-refractivity contribution in [2.75, 3.05) is 7.05 Å². The van der Waals surface area contributed by atoms with Gasteiger partial charge in [0.25, 0.3) is 0 Å². The number of nitrogens with one attached hydrogen (secondary N) is 1. The third-order valence-electron chi connectivity index (χ3n) is 4.50. The first kappa shape index (κ1) is 13.5. The molecule has 1 aliphatic carbocycles. The number of nitrogens with zero attached hydrogens (tertiary/aromatic N) is 2. The molecule has 1 aromatic rings. The average molecular weight is 247 g/mol. The zero-order valence-electron chi connectivity index (χ0n) is 12.0. The fourth-order valence-corrected chi connectivity index (χ4v) is 3.03. The molecule has 0 saturated heterocycles. The number of hydrogen-bond donors (Lipinski definition) is 1. The van der Waals surface area contributed by atoms with Crippen LogP contribution < -0.4 is 5.32 Å². The summed E-state index contributed by atoms with van der Waals surface area (Å²) >= 11 is 0. The Morgan fingerprint density at radius 2 is 1.83 bits per heavy atom. The Hall–Kier alpha value is -0.960. The van der Waals surface area contributed by atoms with E-state index in [-0.39, 0.29) is 0 Å². The topological polar surface area (TPSA) is 37.8 Å². The van der Waals surface area contributed by atoms with Gasteiger partial charge in [0.1, 0.15) is 5.82 Å². The van der Waals surface area contributed by atoms with Crippen molar-refractivity contribution in [3.8, 4) is 0 Å². The Morgan fingerprint density at radius 1 is 1.17 bits per heavy atom. The monoisotopic (exact) mass is 247 g/mol. The molecule has 4 unspecified atom stereocenters. The molecule has 100 valence electrons. The van der Waals surface area contributed by atoms with E-state index < -0.39 is 0 Å². The van der Waals surface area contributed by atoms with Gasteiger partial charge in [-0.15, -0.1) is 0 Å². The normalized spacial score (nSPS) is 30.1. The zero-order valence-corrected chi connectivity index (χ0v) is 12.0. The van der Waals surface area contributed by atoms with Crippen LogP contribution >= 0.6 is 0 Å². The van der Waals surface area contributed by atoms with E-state index in [0.717, 1.165) is 23.2 Å². The Kier molecular flexibility index (Phi) is 4.33. The summed E-state index contributed by atoms with van der Waals surface area (Å²) in [6.07, 6.45) is 7.73. The standard InChI is InChI=1S/C15H25N3/c1-10-8-17-15(18-9-10)14(16-4)13-6-5-11(2)12(3)7-13/h8-9,11-14,16H,5-7H2,1-4H3. The minimum Gasteiger partial charge on any atom is -0.310 e. The molecule has 1 aromatic heterocycles. The highest BCUT2D eigenvalue weighted by Crippen LogP contribution is 2.38. The molecule has 0 aliphatic heterocycles. The molecule has 2 rings (SSSR count). The predicted molar refractivity (Wildman–Crippen MR) is 74.2 cm³/mol. The molecule has 0 amide bonds. The van der Waals surface area contributed by atoms with E-state index in [0.29, 0.717) is 12.0 Å². The number of aromatic nitrogens is 2. The molecule has 0 bridgehead atoms. The minimum atomic E-state index is 0.306. The van der Waals surface area contributed by atoms with Crippen LogP contribution in [0.2, 0.25) is 0 Å². The molecule has 1 fully saturated rings. The number of rotatable bonds is 3. The molecule has 0 radical (unpaired) electrons. The maximum absolute atomic E-state index is 4.50. The first-order valence-electron chi connectivity index (χ1n) is 7.07. The van der Waals surface area contributed by atoms with Crippen molar-refractivity contribution >= 4 is 0 Å². The molecule has 4 atom stereocenters. The summed E-state index contributed by atoms with van der Waals surface area (Å²) in [7, 11) is 2.02. The molecule has 1 N–H and O–H groups in total. The SMILES string of the molecule is CNC(c1ncc(C)cn1)C1CCC(C)C(C)C1. The van der Waals surface area contributed by atoms with E-state index in [1.807, 2.05) is 26.4 Å². The zero-order chi connectivity index (χ0) is 13.1. The third-order valence-corrected chi connectivity index (χ3v) is 4.50. The lowest BCUT2D eigenvalue weighted by Crippen LogP contribution is -2.32. The Balaban J connectivity index is 2.11. The van der Waals surface area contributed by atoms with Crippen molar-refractivity contribution in [1.82, 2.24) is 15.3 Å². The molecule has 1 aliphatic rings. The van der Waals surface area contributed by atoms with Gasteiger partial charge in [0.2, 0.25) is 0 Å². The van der Waals surface area contributed by atoms with Crippen molar-refractivity contribution < 1.29 is 0 Å². The van der Waals surface area contributed by atoms with Crippen molar-refractivity contribution in [2.24, 2.45) is 17.8 Å². The summed E-state index contributed by atoms with van der Waals surface area (Å²) < 4.78 is 0. The van der Waals surface area contributed by atoms with Crippen LogP contribution in [0, 0.1) is 24.7 Å². The molecule has 3 heteroatoms. The van der Waals surface area contributed by atoms with Crippen molar-refractivity contribution in [2.45, 2.75) is 46.1 Å². The van der Waals surface area contributed by atoms with Gasteiger partial charge < -0.3 is 5.32 Å². The smallest absolute Gasteiger partial charge is 0.145 e. The second kappa shape index (κ2) is 5.79. The summed E-state index contributed by atoms with van der Waals surface area (Å²) in [5.74, 6) is 3.29. The van der Waals surface area contributed by atoms with Gasteiger partial charge >= 0.3 is 0 Å². The van der Waals surface area contributed by atoms with Gasteiger partial charge in [0, 0.05) is 12.4 Å². The fraction of sp³-hybridized carbons (Fsp3) is 0.733. The molecule has 1 saturated carbocycles. The Labute approximate surface area is 110 Å². The van der Waals surface area contributed by atoms with Crippen LogP contribution in [0.15, 0.2) is 12.4 Å². The molecular weight excluding hydrogens is 222 g/mol. The first-order valence-corrected chi connectivity index (χ1v) is 7.07. The summed E-state index contributed by atoms with van der Waals surface area (Å²) in [5.41, 5.74) is 1.12. The molecule has 0 aromatic carbocycles. The highest BCUT2D eigenvalue weighted by molar-refractivity contribution is 5.06. The van der Waals surface area contributed by atoms with Crippen LogP contribution in [0.4, 0.5) is 0 Å². The predicted octanol–water partition coefficient (Wildman–Crippen LogP) is 3.12. The largest absolute Gasteiger partial charge is 0.310 e. The fourth-order valence-electron chi connectivity index (χ4n) is 3.03. The lowest BCUT2D eigenvalue weighted by Gasteiger charge is -2.36. The van der Waals surface area contributed by atoms with Crippen molar-refractivity contribution in [3.05, 3.63) is 23.8 Å². The van der Waals surface area contributed by atoms with Gasteiger partial charge in [-0.05, 0) is 50.1 Å². The van der Waals surface area contributed by atoms with Crippen molar-refractivity contribution in [3.63, 3.8) is 0 Å². The lowest BCUT2D eigenvalue weighted by atomic mass is 9.73. The lowest BCUT2D eigenvalue weighted by molar-refractivity contribution is 0.171. The van der Waals surface area contributed by atoms with Crippen LogP contribution in [0.3, 0.4) is 0 Å². The van der Waals surface area contributed by atoms with Crippen LogP contribution in [-0.4, -0.2) is 17.0 Å². The minimum absolute atomic E-state index is 0.306. The molecular formula is C15H25N3. The van der Waals surface area contributed by atoms with E-state index in [4.69, 9.17) is 0 Å². The highest BCUT2D eigenvalue weighted by atomic mass is 15.0. The van der Waals surface area contributed by atoms with Crippen LogP contribution in [0.1, 0.15) is 50.5 Å². The molecule has 18 heavy (non-hydrogen) atoms. The van der Waals surface area contributed by atoms with Gasteiger partial charge in [-0.3, -0.25) is 0 Å². The number of hydrogen-bond acceptors (Lipinski definition) is 3. The van der Waals surface area contributed by atoms with Gasteiger partial charge in [0.05, 0.1) is 6.04 Å². The second-order valence-corrected chi connectivity index (χ2v) is 5.91. The van der Waals surface area contributed by atoms with E-state index in [1.54, 1.807) is 0 Å². The van der Waals surface area contributed by atoms with Crippen LogP contribution in [0.25, 0.3) is 0 Å². The van der Waals surface area contributed by atoms with E-state index in [1.165, 1.54) is 19.3 Å². The van der Waals surface area contributed by atoms with Gasteiger partial charge in [-0.1, -0.05) is 20.3 Å². The molecule has 1 heterocycles. The van der Waals surface area contributed by atoms with Gasteiger partial charge in [-0.2, -0.15) is 0 Å². The second-order valence-electron chi connectivity index (χ2n) is 5.91. The van der Waals surface area contributed by atoms with Gasteiger partial charge in [0.15, 0.2) is 0 Å². The maximum Gasteiger partial charge on any atom is 0.145 e. The summed E-state index contributed by atoms with van der Waals surface area (Å²) in [4.78, 5) is 8.99. The van der Waals surface area contributed by atoms with Crippen molar-refractivity contribution in [1.29, 1.82) is 0 Å². The third kappa shape index (κ3) is 2.89. The Bertz CT molecular complexity index is 374. The van der Waals surface area contributed by atoms with Crippen LogP contribution in [-0.2, 0) is 0 Å². The van der Waals surface area contributed by atoms with Gasteiger partial charge in [-0.25, -0.2) is 9.97 Å². The van der Waals surface area contributed by atoms with E-state index in [9.17, 15) is 0 Å². The Morgan fingerprint density at radius 3 is 2.39 bits per heavy atom. The summed E-state index contributed by atoms with van der Waals surface area (Å²) in [6, 6.07) is 0.306. The van der Waals surface area contributed by atoms with Crippen LogP contribution in [0.5, 0.6) is 0 Å². The van der Waals surface area contributed by atoms with E-state index >= 15 is 0 Å².